The summed E-state index contributed by atoms with van der Waals surface area (Å²) in [5.74, 6) is -0.179. The van der Waals surface area contributed by atoms with Crippen LogP contribution in [0.5, 0.6) is 0 Å². The number of anilines is 3. The van der Waals surface area contributed by atoms with Gasteiger partial charge in [-0.2, -0.15) is 5.26 Å². The molecule has 1 aromatic heterocycles. The maximum absolute atomic E-state index is 12.9. The molecular formula is C27H22ClN5O2. The van der Waals surface area contributed by atoms with Crippen LogP contribution in [0.1, 0.15) is 30.4 Å². The molecule has 1 atom stereocenters. The topological polar surface area (TPSA) is 111 Å². The quantitative estimate of drug-likeness (QED) is 0.306. The monoisotopic (exact) mass is 483 g/mol. The number of aromatic nitrogens is 2. The highest BCUT2D eigenvalue weighted by Crippen LogP contribution is 2.25. The zero-order valence-electron chi connectivity index (χ0n) is 18.9. The molecule has 0 aliphatic rings. The van der Waals surface area contributed by atoms with Gasteiger partial charge in [0.05, 0.1) is 11.6 Å². The van der Waals surface area contributed by atoms with Crippen LogP contribution in [0.25, 0.3) is 11.3 Å². The van der Waals surface area contributed by atoms with Gasteiger partial charge in [0.1, 0.15) is 11.6 Å². The third kappa shape index (κ3) is 5.57. The number of hydrogen-bond acceptors (Lipinski definition) is 5. The van der Waals surface area contributed by atoms with Gasteiger partial charge in [-0.05, 0) is 48.4 Å². The van der Waals surface area contributed by atoms with Crippen molar-refractivity contribution in [3.63, 3.8) is 0 Å². The van der Waals surface area contributed by atoms with Crippen molar-refractivity contribution < 1.29 is 4.79 Å². The van der Waals surface area contributed by atoms with E-state index in [-0.39, 0.29) is 29.0 Å². The van der Waals surface area contributed by atoms with E-state index in [1.165, 1.54) is 0 Å². The summed E-state index contributed by atoms with van der Waals surface area (Å²) in [5.41, 5.74) is 2.39. The molecule has 0 fully saturated rings. The van der Waals surface area contributed by atoms with E-state index in [0.717, 1.165) is 5.56 Å². The zero-order valence-corrected chi connectivity index (χ0v) is 19.6. The first kappa shape index (κ1) is 23.7. The van der Waals surface area contributed by atoms with Gasteiger partial charge in [0.2, 0.25) is 11.9 Å². The van der Waals surface area contributed by atoms with Gasteiger partial charge in [-0.3, -0.25) is 14.6 Å². The molecule has 3 aromatic carbocycles. The molecule has 174 valence electrons. The summed E-state index contributed by atoms with van der Waals surface area (Å²) in [7, 11) is 0. The molecule has 4 rings (SSSR count). The van der Waals surface area contributed by atoms with Gasteiger partial charge in [0.25, 0.3) is 5.56 Å². The summed E-state index contributed by atoms with van der Waals surface area (Å²) in [6.45, 7) is 1.97. The van der Waals surface area contributed by atoms with E-state index >= 15 is 0 Å². The van der Waals surface area contributed by atoms with Crippen LogP contribution in [0.15, 0.2) is 83.7 Å². The summed E-state index contributed by atoms with van der Waals surface area (Å²) < 4.78 is 0. The van der Waals surface area contributed by atoms with Gasteiger partial charge >= 0.3 is 0 Å². The molecule has 7 nitrogen and oxygen atoms in total. The standard InChI is InChI=1S/C27H22ClN5O2/c1-2-22(17-6-4-3-5-7-17)25(34)30-20-12-8-18(9-13-20)24-23(16-29)26(35)33-27(32-24)31-21-14-10-19(28)11-15-21/h3-15,22H,2H2,1H3,(H,30,34)(H2,31,32,33,35). The Morgan fingerprint density at radius 3 is 2.31 bits per heavy atom. The molecule has 1 unspecified atom stereocenters. The van der Waals surface area contributed by atoms with E-state index in [4.69, 9.17) is 11.6 Å². The smallest absolute Gasteiger partial charge is 0.270 e. The number of nitrogens with one attached hydrogen (secondary N) is 3. The second kappa shape index (κ2) is 10.7. The number of nitriles is 1. The van der Waals surface area contributed by atoms with Crippen molar-refractivity contribution in [1.82, 2.24) is 9.97 Å². The molecule has 1 amide bonds. The maximum Gasteiger partial charge on any atom is 0.270 e. The number of benzene rings is 3. The van der Waals surface area contributed by atoms with Crippen molar-refractivity contribution in [3.05, 3.63) is 105 Å². The van der Waals surface area contributed by atoms with E-state index in [9.17, 15) is 14.9 Å². The number of carbonyl (C=O) groups excluding carboxylic acids is 1. The molecule has 0 saturated carbocycles. The van der Waals surface area contributed by atoms with Crippen molar-refractivity contribution in [2.45, 2.75) is 19.3 Å². The van der Waals surface area contributed by atoms with Crippen LogP contribution < -0.4 is 16.2 Å². The van der Waals surface area contributed by atoms with Crippen LogP contribution in [0, 0.1) is 11.3 Å². The van der Waals surface area contributed by atoms with E-state index in [2.05, 4.69) is 20.6 Å². The first-order chi connectivity index (χ1) is 17.0. The number of nitrogens with zero attached hydrogens (tertiary/aromatic N) is 2. The van der Waals surface area contributed by atoms with Crippen LogP contribution in [0.4, 0.5) is 17.3 Å². The normalized spacial score (nSPS) is 11.3. The van der Waals surface area contributed by atoms with E-state index < -0.39 is 5.56 Å². The number of amides is 1. The molecule has 0 spiro atoms. The number of aromatic amines is 1. The highest BCUT2D eigenvalue weighted by atomic mass is 35.5. The fourth-order valence-electron chi connectivity index (χ4n) is 3.71. The summed E-state index contributed by atoms with van der Waals surface area (Å²) in [5, 5.41) is 16.1. The van der Waals surface area contributed by atoms with Gasteiger partial charge < -0.3 is 10.6 Å². The summed E-state index contributed by atoms with van der Waals surface area (Å²) in [4.78, 5) is 32.4. The third-order valence-corrected chi connectivity index (χ3v) is 5.74. The Bertz CT molecular complexity index is 1430. The summed E-state index contributed by atoms with van der Waals surface area (Å²) in [6, 6.07) is 25.3. The minimum atomic E-state index is -0.556. The van der Waals surface area contributed by atoms with E-state index in [1.807, 2.05) is 43.3 Å². The first-order valence-electron chi connectivity index (χ1n) is 11.0. The van der Waals surface area contributed by atoms with Crippen LogP contribution >= 0.6 is 11.6 Å². The van der Waals surface area contributed by atoms with Gasteiger partial charge in [-0.1, -0.05) is 61.0 Å². The average molecular weight is 484 g/mol. The Morgan fingerprint density at radius 2 is 1.69 bits per heavy atom. The van der Waals surface area contributed by atoms with Crippen LogP contribution in [0.2, 0.25) is 5.02 Å². The molecule has 0 aliphatic carbocycles. The minimum absolute atomic E-state index is 0.0985. The Balaban J connectivity index is 1.58. The SMILES string of the molecule is CCC(C(=O)Nc1ccc(-c2nc(Nc3ccc(Cl)cc3)[nH]c(=O)c2C#N)cc1)c1ccccc1. The van der Waals surface area contributed by atoms with E-state index in [1.54, 1.807) is 48.5 Å². The summed E-state index contributed by atoms with van der Waals surface area (Å²) >= 11 is 5.92. The molecule has 0 aliphatic heterocycles. The number of hydrogen-bond donors (Lipinski definition) is 3. The van der Waals surface area contributed by atoms with Crippen molar-refractivity contribution in [1.29, 1.82) is 5.26 Å². The van der Waals surface area contributed by atoms with Crippen molar-refractivity contribution >= 4 is 34.8 Å². The Hall–Kier alpha value is -4.41. The fraction of sp³-hybridized carbons (Fsp3) is 0.111. The first-order valence-corrected chi connectivity index (χ1v) is 11.4. The number of halogens is 1. The Labute approximate surface area is 207 Å². The third-order valence-electron chi connectivity index (χ3n) is 5.49. The zero-order chi connectivity index (χ0) is 24.8. The predicted octanol–water partition coefficient (Wildman–Crippen LogP) is 5.84. The van der Waals surface area contributed by atoms with Gasteiger partial charge in [-0.15, -0.1) is 0 Å². The fourth-order valence-corrected chi connectivity index (χ4v) is 3.84. The number of carbonyl (C=O) groups is 1. The van der Waals surface area contributed by atoms with Crippen molar-refractivity contribution in [2.24, 2.45) is 0 Å². The van der Waals surface area contributed by atoms with Crippen molar-refractivity contribution in [3.8, 4) is 17.3 Å². The minimum Gasteiger partial charge on any atom is -0.326 e. The molecule has 8 heteroatoms. The number of rotatable bonds is 7. The largest absolute Gasteiger partial charge is 0.326 e. The molecule has 0 saturated heterocycles. The van der Waals surface area contributed by atoms with Gasteiger partial charge in [0.15, 0.2) is 0 Å². The lowest BCUT2D eigenvalue weighted by molar-refractivity contribution is -0.117. The lowest BCUT2D eigenvalue weighted by Gasteiger charge is -2.15. The lowest BCUT2D eigenvalue weighted by atomic mass is 9.95. The second-order valence-corrected chi connectivity index (χ2v) is 8.26. The Morgan fingerprint density at radius 1 is 1.03 bits per heavy atom. The van der Waals surface area contributed by atoms with E-state index in [0.29, 0.717) is 28.4 Å². The Kier molecular flexibility index (Phi) is 7.24. The van der Waals surface area contributed by atoms with Gasteiger partial charge in [-0.25, -0.2) is 4.98 Å². The maximum atomic E-state index is 12.9. The molecule has 4 aromatic rings. The number of H-pyrrole nitrogens is 1. The lowest BCUT2D eigenvalue weighted by Crippen LogP contribution is -2.20. The van der Waals surface area contributed by atoms with Crippen LogP contribution in [-0.2, 0) is 4.79 Å². The van der Waals surface area contributed by atoms with Crippen LogP contribution in [-0.4, -0.2) is 15.9 Å². The van der Waals surface area contributed by atoms with Crippen molar-refractivity contribution in [2.75, 3.05) is 10.6 Å². The molecule has 35 heavy (non-hydrogen) atoms. The molecule has 3 N–H and O–H groups in total. The van der Waals surface area contributed by atoms with Gasteiger partial charge in [0, 0.05) is 22.0 Å². The highest BCUT2D eigenvalue weighted by Gasteiger charge is 2.19. The molecule has 0 radical (unpaired) electrons. The molecule has 1 heterocycles. The van der Waals surface area contributed by atoms with Crippen LogP contribution in [0.3, 0.4) is 0 Å². The summed E-state index contributed by atoms with van der Waals surface area (Å²) in [6.07, 6.45) is 0.666. The highest BCUT2D eigenvalue weighted by molar-refractivity contribution is 6.30. The molecular weight excluding hydrogens is 462 g/mol. The second-order valence-electron chi connectivity index (χ2n) is 7.82. The predicted molar refractivity (Wildman–Crippen MR) is 138 cm³/mol. The molecule has 0 bridgehead atoms. The average Bonchev–Trinajstić information content (AvgIpc) is 2.87.